The van der Waals surface area contributed by atoms with E-state index in [0.29, 0.717) is 25.2 Å². The fraction of sp³-hybridized carbons (Fsp3) is 0.318. The summed E-state index contributed by atoms with van der Waals surface area (Å²) in [6, 6.07) is 5.47. The van der Waals surface area contributed by atoms with Gasteiger partial charge in [0.15, 0.2) is 11.5 Å². The number of benzene rings is 1. The Balaban J connectivity index is 1.53. The molecule has 1 saturated carbocycles. The molecule has 13 heteroatoms. The SMILES string of the molecule is NC(=O)c1cnc(Cl)cc1Nc1cccc(-c2cnn(C3CCC34OCCO4)c2)c1OC(F)(F)F. The van der Waals surface area contributed by atoms with Gasteiger partial charge in [-0.2, -0.15) is 5.10 Å². The van der Waals surface area contributed by atoms with Gasteiger partial charge in [-0.3, -0.25) is 9.48 Å². The zero-order valence-corrected chi connectivity index (χ0v) is 18.8. The lowest BCUT2D eigenvalue weighted by molar-refractivity contribution is -0.274. The summed E-state index contributed by atoms with van der Waals surface area (Å²) in [4.78, 5) is 15.6. The number of primary amides is 1. The van der Waals surface area contributed by atoms with Gasteiger partial charge < -0.3 is 25.3 Å². The summed E-state index contributed by atoms with van der Waals surface area (Å²) in [5.41, 5.74) is 5.83. The first-order valence-electron chi connectivity index (χ1n) is 10.6. The molecule has 3 aromatic rings. The molecule has 1 aromatic carbocycles. The van der Waals surface area contributed by atoms with Gasteiger partial charge in [-0.1, -0.05) is 23.7 Å². The van der Waals surface area contributed by atoms with Crippen LogP contribution in [0.15, 0.2) is 42.9 Å². The highest BCUT2D eigenvalue weighted by molar-refractivity contribution is 6.29. The number of nitrogens with two attached hydrogens (primary N) is 1. The van der Waals surface area contributed by atoms with Crippen molar-refractivity contribution < 1.29 is 32.2 Å². The van der Waals surface area contributed by atoms with Crippen LogP contribution in [0.4, 0.5) is 24.5 Å². The van der Waals surface area contributed by atoms with Crippen molar-refractivity contribution in [3.8, 4) is 16.9 Å². The van der Waals surface area contributed by atoms with E-state index in [1.165, 1.54) is 24.4 Å². The standard InChI is InChI=1S/C22H19ClF3N5O4/c23-18-8-16(14(10-28-18)20(27)32)30-15-3-1-2-13(19(15)35-22(24,25)26)12-9-29-31(11-12)17-4-5-21(17)33-6-7-34-21/h1-3,8-11,17H,4-7H2,(H2,27,32)(H,28,30). The van der Waals surface area contributed by atoms with E-state index < -0.39 is 23.8 Å². The number of halogens is 4. The normalized spacial score (nSPS) is 18.9. The number of amides is 1. The van der Waals surface area contributed by atoms with Crippen molar-refractivity contribution >= 4 is 28.9 Å². The van der Waals surface area contributed by atoms with E-state index in [1.807, 2.05) is 0 Å². The van der Waals surface area contributed by atoms with Crippen molar-refractivity contribution in [2.75, 3.05) is 18.5 Å². The zero-order chi connectivity index (χ0) is 24.8. The third kappa shape index (κ3) is 4.51. The van der Waals surface area contributed by atoms with Crippen LogP contribution in [0.2, 0.25) is 5.15 Å². The lowest BCUT2D eigenvalue weighted by Crippen LogP contribution is -2.49. The molecule has 1 unspecified atom stereocenters. The van der Waals surface area contributed by atoms with Gasteiger partial charge in [-0.05, 0) is 18.6 Å². The van der Waals surface area contributed by atoms with Crippen LogP contribution in [0.1, 0.15) is 29.2 Å². The first-order valence-corrected chi connectivity index (χ1v) is 11.0. The molecule has 1 spiro atoms. The topological polar surface area (TPSA) is 114 Å². The molecule has 9 nitrogen and oxygen atoms in total. The van der Waals surface area contributed by atoms with E-state index in [4.69, 9.17) is 26.8 Å². The number of alkyl halides is 3. The maximum Gasteiger partial charge on any atom is 0.573 e. The number of carbonyl (C=O) groups is 1. The fourth-order valence-corrected chi connectivity index (χ4v) is 4.42. The third-order valence-electron chi connectivity index (χ3n) is 5.92. The summed E-state index contributed by atoms with van der Waals surface area (Å²) in [5.74, 6) is -2.10. The van der Waals surface area contributed by atoms with Crippen LogP contribution in [-0.2, 0) is 9.47 Å². The van der Waals surface area contributed by atoms with E-state index in [2.05, 4.69) is 20.1 Å². The highest BCUT2D eigenvalue weighted by atomic mass is 35.5. The Morgan fingerprint density at radius 1 is 1.26 bits per heavy atom. The summed E-state index contributed by atoms with van der Waals surface area (Å²) >= 11 is 5.92. The smallest absolute Gasteiger partial charge is 0.403 e. The van der Waals surface area contributed by atoms with Gasteiger partial charge in [0, 0.05) is 29.9 Å². The number of rotatable bonds is 6. The van der Waals surface area contributed by atoms with Crippen LogP contribution in [0.3, 0.4) is 0 Å². The molecule has 2 aliphatic rings. The number of anilines is 2. The third-order valence-corrected chi connectivity index (χ3v) is 6.13. The highest BCUT2D eigenvalue weighted by Crippen LogP contribution is 2.49. The molecule has 0 radical (unpaired) electrons. The van der Waals surface area contributed by atoms with Crippen molar-refractivity contribution in [1.82, 2.24) is 14.8 Å². The number of aromatic nitrogens is 3. The number of nitrogens with one attached hydrogen (secondary N) is 1. The maximum absolute atomic E-state index is 13.4. The van der Waals surface area contributed by atoms with Crippen LogP contribution in [0.5, 0.6) is 5.75 Å². The van der Waals surface area contributed by atoms with Crippen molar-refractivity contribution in [1.29, 1.82) is 0 Å². The van der Waals surface area contributed by atoms with Crippen LogP contribution in [0, 0.1) is 0 Å². The Bertz CT molecular complexity index is 1280. The lowest BCUT2D eigenvalue weighted by Gasteiger charge is -2.44. The quantitative estimate of drug-likeness (QED) is 0.473. The molecule has 35 heavy (non-hydrogen) atoms. The Hall–Kier alpha value is -3.35. The second kappa shape index (κ2) is 8.70. The lowest BCUT2D eigenvalue weighted by atomic mass is 9.85. The van der Waals surface area contributed by atoms with Crippen molar-refractivity contribution in [3.05, 3.63) is 53.6 Å². The number of pyridine rings is 1. The summed E-state index contributed by atoms with van der Waals surface area (Å²) in [6.07, 6.45) is 0.679. The Labute approximate surface area is 201 Å². The van der Waals surface area contributed by atoms with Crippen LogP contribution >= 0.6 is 11.6 Å². The predicted octanol–water partition coefficient (Wildman–Crippen LogP) is 4.42. The first kappa shape index (κ1) is 23.4. The van der Waals surface area contributed by atoms with E-state index >= 15 is 0 Å². The molecule has 1 atom stereocenters. The number of hydrogen-bond acceptors (Lipinski definition) is 7. The number of para-hydroxylation sites is 1. The molecule has 2 aromatic heterocycles. The molecular weight excluding hydrogens is 491 g/mol. The molecule has 0 bridgehead atoms. The number of nitrogens with zero attached hydrogens (tertiary/aromatic N) is 3. The van der Waals surface area contributed by atoms with E-state index in [-0.39, 0.29) is 33.7 Å². The second-order valence-electron chi connectivity index (χ2n) is 8.04. The maximum atomic E-state index is 13.4. The largest absolute Gasteiger partial charge is 0.573 e. The average Bonchev–Trinajstić information content (AvgIpc) is 3.44. The van der Waals surface area contributed by atoms with Crippen molar-refractivity contribution in [3.63, 3.8) is 0 Å². The van der Waals surface area contributed by atoms with Gasteiger partial charge >= 0.3 is 6.36 Å². The summed E-state index contributed by atoms with van der Waals surface area (Å²) in [5, 5.41) is 7.13. The molecular formula is C22H19ClF3N5O4. The van der Waals surface area contributed by atoms with Crippen molar-refractivity contribution in [2.24, 2.45) is 5.73 Å². The fourth-order valence-electron chi connectivity index (χ4n) is 4.26. The van der Waals surface area contributed by atoms with Gasteiger partial charge in [0.2, 0.25) is 0 Å². The van der Waals surface area contributed by atoms with Crippen LogP contribution in [-0.4, -0.2) is 46.0 Å². The predicted molar refractivity (Wildman–Crippen MR) is 118 cm³/mol. The van der Waals surface area contributed by atoms with Gasteiger partial charge in [0.05, 0.1) is 36.3 Å². The number of carbonyl (C=O) groups excluding carboxylic acids is 1. The van der Waals surface area contributed by atoms with Gasteiger partial charge in [0.1, 0.15) is 11.2 Å². The molecule has 2 fully saturated rings. The number of hydrogen-bond donors (Lipinski definition) is 2. The molecule has 1 saturated heterocycles. The molecule has 5 rings (SSSR count). The average molecular weight is 510 g/mol. The number of ether oxygens (including phenoxy) is 3. The minimum Gasteiger partial charge on any atom is -0.403 e. The second-order valence-corrected chi connectivity index (χ2v) is 8.43. The summed E-state index contributed by atoms with van der Waals surface area (Å²) in [6.45, 7) is 0.961. The molecule has 184 valence electrons. The molecule has 1 amide bonds. The monoisotopic (exact) mass is 509 g/mol. The molecule has 1 aliphatic carbocycles. The zero-order valence-electron chi connectivity index (χ0n) is 18.0. The minimum atomic E-state index is -4.99. The Morgan fingerprint density at radius 2 is 2.03 bits per heavy atom. The highest BCUT2D eigenvalue weighted by Gasteiger charge is 2.53. The Kier molecular flexibility index (Phi) is 5.82. The molecule has 3 N–H and O–H groups in total. The van der Waals surface area contributed by atoms with Gasteiger partial charge in [-0.25, -0.2) is 4.98 Å². The first-order chi connectivity index (χ1) is 16.7. The van der Waals surface area contributed by atoms with Gasteiger partial charge in [-0.15, -0.1) is 13.2 Å². The Morgan fingerprint density at radius 3 is 2.69 bits per heavy atom. The molecule has 1 aliphatic heterocycles. The van der Waals surface area contributed by atoms with Crippen LogP contribution < -0.4 is 15.8 Å². The summed E-state index contributed by atoms with van der Waals surface area (Å²) < 4.78 is 57.8. The van der Waals surface area contributed by atoms with Crippen LogP contribution in [0.25, 0.3) is 11.1 Å². The van der Waals surface area contributed by atoms with Crippen molar-refractivity contribution in [2.45, 2.75) is 31.0 Å². The van der Waals surface area contributed by atoms with E-state index in [1.54, 1.807) is 16.9 Å². The summed E-state index contributed by atoms with van der Waals surface area (Å²) in [7, 11) is 0. The minimum absolute atomic E-state index is 0.0130. The van der Waals surface area contributed by atoms with E-state index in [9.17, 15) is 18.0 Å². The molecule has 3 heterocycles. The van der Waals surface area contributed by atoms with E-state index in [0.717, 1.165) is 12.6 Å². The van der Waals surface area contributed by atoms with Gasteiger partial charge in [0.25, 0.3) is 5.91 Å².